The molecular weight excluding hydrogens is 246 g/mol. The Hall–Kier alpha value is -1.61. The number of nitrogens with one attached hydrogen (secondary N) is 2. The minimum absolute atomic E-state index is 0.534. The van der Waals surface area contributed by atoms with Crippen molar-refractivity contribution in [3.8, 4) is 0 Å². The lowest BCUT2D eigenvalue weighted by Gasteiger charge is -2.17. The minimum Gasteiger partial charge on any atom is -0.349 e. The maximum Gasteiger partial charge on any atom is 0.107 e. The number of aromatic amines is 1. The van der Waals surface area contributed by atoms with Crippen molar-refractivity contribution in [2.45, 2.75) is 38.1 Å². The van der Waals surface area contributed by atoms with Crippen LogP contribution >= 0.6 is 0 Å². The van der Waals surface area contributed by atoms with E-state index in [0.717, 1.165) is 30.6 Å². The van der Waals surface area contributed by atoms with Gasteiger partial charge in [0.25, 0.3) is 0 Å². The van der Waals surface area contributed by atoms with Gasteiger partial charge in [0.05, 0.1) is 0 Å². The highest BCUT2D eigenvalue weighted by Gasteiger charge is 2.43. The van der Waals surface area contributed by atoms with Gasteiger partial charge in [0.1, 0.15) is 5.82 Å². The van der Waals surface area contributed by atoms with Gasteiger partial charge in [0.15, 0.2) is 0 Å². The van der Waals surface area contributed by atoms with Gasteiger partial charge in [-0.1, -0.05) is 37.3 Å². The second kappa shape index (κ2) is 6.23. The molecule has 0 amide bonds. The number of benzene rings is 1. The summed E-state index contributed by atoms with van der Waals surface area (Å²) in [5.74, 6) is 2.56. The second-order valence-electron chi connectivity index (χ2n) is 5.72. The maximum atomic E-state index is 4.38. The number of hydrogen-bond donors (Lipinski definition) is 2. The Balaban J connectivity index is 1.65. The first-order valence-electron chi connectivity index (χ1n) is 7.65. The summed E-state index contributed by atoms with van der Waals surface area (Å²) >= 11 is 0. The topological polar surface area (TPSA) is 40.7 Å². The van der Waals surface area contributed by atoms with Crippen LogP contribution in [-0.2, 0) is 6.42 Å². The first-order chi connectivity index (χ1) is 9.88. The first-order valence-corrected chi connectivity index (χ1v) is 7.65. The van der Waals surface area contributed by atoms with Crippen LogP contribution in [0.5, 0.6) is 0 Å². The van der Waals surface area contributed by atoms with Crippen LogP contribution in [0, 0.1) is 5.92 Å². The van der Waals surface area contributed by atoms with E-state index in [1.165, 1.54) is 18.4 Å². The molecule has 0 saturated heterocycles. The van der Waals surface area contributed by atoms with Gasteiger partial charge in [-0.25, -0.2) is 4.98 Å². The molecule has 3 heteroatoms. The van der Waals surface area contributed by atoms with Gasteiger partial charge >= 0.3 is 0 Å². The molecule has 3 unspecified atom stereocenters. The molecular formula is C17H23N3. The zero-order chi connectivity index (χ0) is 13.8. The summed E-state index contributed by atoms with van der Waals surface area (Å²) in [6, 6.07) is 11.4. The third-order valence-corrected chi connectivity index (χ3v) is 4.21. The predicted molar refractivity (Wildman–Crippen MR) is 81.7 cm³/mol. The van der Waals surface area contributed by atoms with Crippen molar-refractivity contribution in [2.75, 3.05) is 6.54 Å². The highest BCUT2D eigenvalue weighted by Crippen LogP contribution is 2.49. The van der Waals surface area contributed by atoms with Gasteiger partial charge < -0.3 is 10.3 Å². The molecule has 1 aliphatic rings. The van der Waals surface area contributed by atoms with E-state index in [0.29, 0.717) is 6.04 Å². The highest BCUT2D eigenvalue weighted by molar-refractivity contribution is 5.27. The maximum absolute atomic E-state index is 4.38. The molecule has 20 heavy (non-hydrogen) atoms. The molecule has 1 aliphatic carbocycles. The van der Waals surface area contributed by atoms with Crippen LogP contribution in [0.1, 0.15) is 37.1 Å². The van der Waals surface area contributed by atoms with E-state index in [-0.39, 0.29) is 0 Å². The molecule has 0 bridgehead atoms. The molecule has 3 atom stereocenters. The second-order valence-corrected chi connectivity index (χ2v) is 5.72. The molecule has 3 nitrogen and oxygen atoms in total. The quantitative estimate of drug-likeness (QED) is 0.811. The zero-order valence-corrected chi connectivity index (χ0v) is 12.0. The minimum atomic E-state index is 0.534. The Morgan fingerprint density at radius 2 is 2.20 bits per heavy atom. The fraction of sp³-hybridized carbons (Fsp3) is 0.471. The average molecular weight is 269 g/mol. The van der Waals surface area contributed by atoms with Crippen molar-refractivity contribution in [3.63, 3.8) is 0 Å². The summed E-state index contributed by atoms with van der Waals surface area (Å²) in [6.45, 7) is 3.31. The van der Waals surface area contributed by atoms with Crippen molar-refractivity contribution < 1.29 is 0 Å². The number of nitrogens with zero attached hydrogens (tertiary/aromatic N) is 1. The van der Waals surface area contributed by atoms with Gasteiger partial charge in [-0.2, -0.15) is 0 Å². The van der Waals surface area contributed by atoms with E-state index in [1.54, 1.807) is 0 Å². The summed E-state index contributed by atoms with van der Waals surface area (Å²) in [7, 11) is 0. The Labute approximate surface area is 120 Å². The Kier molecular flexibility index (Phi) is 4.16. The fourth-order valence-corrected chi connectivity index (χ4v) is 3.07. The molecule has 106 valence electrons. The lowest BCUT2D eigenvalue weighted by atomic mass is 10.0. The summed E-state index contributed by atoms with van der Waals surface area (Å²) in [5.41, 5.74) is 1.49. The van der Waals surface area contributed by atoms with E-state index in [4.69, 9.17) is 0 Å². The van der Waals surface area contributed by atoms with Crippen LogP contribution in [0.15, 0.2) is 42.7 Å². The molecule has 0 aliphatic heterocycles. The lowest BCUT2D eigenvalue weighted by molar-refractivity contribution is 0.446. The summed E-state index contributed by atoms with van der Waals surface area (Å²) in [6.07, 6.45) is 7.23. The number of imidazole rings is 1. The van der Waals surface area contributed by atoms with E-state index in [1.807, 2.05) is 12.4 Å². The molecule has 0 spiro atoms. The molecule has 0 radical (unpaired) electrons. The first kappa shape index (κ1) is 13.4. The Morgan fingerprint density at radius 3 is 2.90 bits per heavy atom. The van der Waals surface area contributed by atoms with Crippen LogP contribution in [0.2, 0.25) is 0 Å². The normalized spacial score (nSPS) is 22.6. The zero-order valence-electron chi connectivity index (χ0n) is 12.0. The van der Waals surface area contributed by atoms with E-state index >= 15 is 0 Å². The monoisotopic (exact) mass is 269 g/mol. The largest absolute Gasteiger partial charge is 0.349 e. The van der Waals surface area contributed by atoms with Crippen molar-refractivity contribution in [2.24, 2.45) is 5.92 Å². The molecule has 2 aromatic rings. The van der Waals surface area contributed by atoms with E-state index in [2.05, 4.69) is 52.5 Å². The van der Waals surface area contributed by atoms with Gasteiger partial charge in [0.2, 0.25) is 0 Å². The summed E-state index contributed by atoms with van der Waals surface area (Å²) in [5, 5.41) is 3.71. The van der Waals surface area contributed by atoms with Gasteiger partial charge in [0, 0.05) is 24.9 Å². The van der Waals surface area contributed by atoms with Crippen molar-refractivity contribution in [1.29, 1.82) is 0 Å². The molecule has 3 rings (SSSR count). The Bertz CT molecular complexity index is 506. The third-order valence-electron chi connectivity index (χ3n) is 4.21. The third kappa shape index (κ3) is 3.10. The van der Waals surface area contributed by atoms with E-state index < -0.39 is 0 Å². The molecule has 1 fully saturated rings. The SMILES string of the molecule is CCCNC(Cc1ncc[nH]1)C1CC1c1ccccc1. The van der Waals surface area contributed by atoms with Gasteiger partial charge in [-0.05, 0) is 36.8 Å². The molecule has 1 aromatic heterocycles. The highest BCUT2D eigenvalue weighted by atomic mass is 15.0. The van der Waals surface area contributed by atoms with Crippen LogP contribution in [0.4, 0.5) is 0 Å². The predicted octanol–water partition coefficient (Wildman–Crippen LogP) is 3.12. The van der Waals surface area contributed by atoms with Gasteiger partial charge in [-0.15, -0.1) is 0 Å². The van der Waals surface area contributed by atoms with Gasteiger partial charge in [-0.3, -0.25) is 0 Å². The van der Waals surface area contributed by atoms with E-state index in [9.17, 15) is 0 Å². The van der Waals surface area contributed by atoms with Crippen LogP contribution in [0.3, 0.4) is 0 Å². The van der Waals surface area contributed by atoms with Crippen molar-refractivity contribution >= 4 is 0 Å². The standard InChI is InChI=1S/C17H23N3/c1-2-8-18-16(12-17-19-9-10-20-17)15-11-14(15)13-6-4-3-5-7-13/h3-7,9-10,14-16,18H,2,8,11-12H2,1H3,(H,19,20). The van der Waals surface area contributed by atoms with Crippen LogP contribution in [0.25, 0.3) is 0 Å². The Morgan fingerprint density at radius 1 is 1.35 bits per heavy atom. The van der Waals surface area contributed by atoms with Crippen LogP contribution < -0.4 is 5.32 Å². The molecule has 2 N–H and O–H groups in total. The smallest absolute Gasteiger partial charge is 0.107 e. The molecule has 1 aromatic carbocycles. The van der Waals surface area contributed by atoms with Crippen molar-refractivity contribution in [3.05, 3.63) is 54.1 Å². The number of rotatable bonds is 7. The molecule has 1 saturated carbocycles. The summed E-state index contributed by atoms with van der Waals surface area (Å²) in [4.78, 5) is 7.61. The van der Waals surface area contributed by atoms with Crippen molar-refractivity contribution in [1.82, 2.24) is 15.3 Å². The number of aromatic nitrogens is 2. The van der Waals surface area contributed by atoms with Crippen LogP contribution in [-0.4, -0.2) is 22.6 Å². The number of H-pyrrole nitrogens is 1. The summed E-state index contributed by atoms with van der Waals surface area (Å²) < 4.78 is 0. The fourth-order valence-electron chi connectivity index (χ4n) is 3.07. The lowest BCUT2D eigenvalue weighted by Crippen LogP contribution is -2.34. The number of hydrogen-bond acceptors (Lipinski definition) is 2. The average Bonchev–Trinajstić information content (AvgIpc) is 3.13. The molecule has 1 heterocycles.